The molecule has 100 valence electrons. The van der Waals surface area contributed by atoms with Gasteiger partial charge in [-0.2, -0.15) is 0 Å². The van der Waals surface area contributed by atoms with Gasteiger partial charge in [0, 0.05) is 18.1 Å². The topological polar surface area (TPSA) is 55.4 Å². The van der Waals surface area contributed by atoms with Crippen LogP contribution in [0.5, 0.6) is 0 Å². The van der Waals surface area contributed by atoms with Crippen LogP contribution in [0.2, 0.25) is 0 Å². The largest absolute Gasteiger partial charge is 0.464 e. The zero-order valence-corrected chi connectivity index (χ0v) is 9.86. The van der Waals surface area contributed by atoms with E-state index in [1.54, 1.807) is 0 Å². The fourth-order valence-corrected chi connectivity index (χ4v) is 1.68. The van der Waals surface area contributed by atoms with Crippen molar-refractivity contribution in [2.24, 2.45) is 0 Å². The number of nitrogens with one attached hydrogen (secondary N) is 1. The number of carbonyl (C=O) groups is 2. The summed E-state index contributed by atoms with van der Waals surface area (Å²) in [6.07, 6.45) is 2.40. The number of halogens is 2. The van der Waals surface area contributed by atoms with Crippen LogP contribution in [-0.2, 0) is 14.3 Å². The predicted molar refractivity (Wildman–Crippen MR) is 62.9 cm³/mol. The van der Waals surface area contributed by atoms with E-state index in [2.05, 4.69) is 10.1 Å². The highest BCUT2D eigenvalue weighted by Crippen LogP contribution is 2.13. The molecule has 1 aliphatic rings. The first-order valence-corrected chi connectivity index (χ1v) is 5.67. The maximum Gasteiger partial charge on any atom is 0.328 e. The van der Waals surface area contributed by atoms with E-state index < -0.39 is 29.6 Å². The van der Waals surface area contributed by atoms with Crippen molar-refractivity contribution in [2.75, 3.05) is 6.61 Å². The highest BCUT2D eigenvalue weighted by atomic mass is 19.1. The zero-order valence-electron chi connectivity index (χ0n) is 9.86. The normalized spacial score (nSPS) is 18.6. The second-order valence-corrected chi connectivity index (χ2v) is 3.99. The molecule has 0 radical (unpaired) electrons. The number of cyclic esters (lactones) is 1. The van der Waals surface area contributed by atoms with Gasteiger partial charge in [-0.25, -0.2) is 13.6 Å². The number of hydrogen-bond donors (Lipinski definition) is 1. The lowest BCUT2D eigenvalue weighted by atomic mass is 10.2. The van der Waals surface area contributed by atoms with E-state index >= 15 is 0 Å². The SMILES string of the molecule is O=C(/C=C/c1c(F)cccc1F)N[C@H]1CCOC1=O. The van der Waals surface area contributed by atoms with Gasteiger partial charge in [-0.05, 0) is 18.2 Å². The minimum absolute atomic E-state index is 0.259. The molecular formula is C13H11F2NO3. The van der Waals surface area contributed by atoms with E-state index in [1.165, 1.54) is 6.07 Å². The van der Waals surface area contributed by atoms with Crippen LogP contribution >= 0.6 is 0 Å². The van der Waals surface area contributed by atoms with E-state index in [-0.39, 0.29) is 12.2 Å². The quantitative estimate of drug-likeness (QED) is 0.665. The van der Waals surface area contributed by atoms with E-state index in [1.807, 2.05) is 0 Å². The lowest BCUT2D eigenvalue weighted by Crippen LogP contribution is -2.36. The summed E-state index contributed by atoms with van der Waals surface area (Å²) >= 11 is 0. The molecule has 1 amide bonds. The van der Waals surface area contributed by atoms with Crippen molar-refractivity contribution in [1.82, 2.24) is 5.32 Å². The van der Waals surface area contributed by atoms with Gasteiger partial charge in [-0.3, -0.25) is 4.79 Å². The Morgan fingerprint density at radius 3 is 2.63 bits per heavy atom. The summed E-state index contributed by atoms with van der Waals surface area (Å²) in [5.41, 5.74) is -0.299. The van der Waals surface area contributed by atoms with Gasteiger partial charge in [0.1, 0.15) is 17.7 Å². The molecule has 1 fully saturated rings. The standard InChI is InChI=1S/C13H11F2NO3/c14-9-2-1-3-10(15)8(9)4-5-12(17)16-11-6-7-19-13(11)18/h1-5,11H,6-7H2,(H,16,17)/b5-4+/t11-/m0/s1. The fraction of sp³-hybridized carbons (Fsp3) is 0.231. The van der Waals surface area contributed by atoms with E-state index in [9.17, 15) is 18.4 Å². The van der Waals surface area contributed by atoms with Gasteiger partial charge in [0.2, 0.25) is 5.91 Å². The predicted octanol–water partition coefficient (Wildman–Crippen LogP) is 1.41. The average Bonchev–Trinajstić information content (AvgIpc) is 2.74. The highest BCUT2D eigenvalue weighted by molar-refractivity contribution is 5.94. The maximum atomic E-state index is 13.3. The summed E-state index contributed by atoms with van der Waals surface area (Å²) in [6, 6.07) is 2.73. The molecule has 1 saturated heterocycles. The minimum Gasteiger partial charge on any atom is -0.464 e. The maximum absolute atomic E-state index is 13.3. The Morgan fingerprint density at radius 1 is 1.37 bits per heavy atom. The van der Waals surface area contributed by atoms with Crippen molar-refractivity contribution < 1.29 is 23.1 Å². The summed E-state index contributed by atoms with van der Waals surface area (Å²) in [5, 5.41) is 2.39. The van der Waals surface area contributed by atoms with Crippen LogP contribution < -0.4 is 5.32 Å². The number of ether oxygens (including phenoxy) is 1. The summed E-state index contributed by atoms with van der Waals surface area (Å²) in [6.45, 7) is 0.259. The highest BCUT2D eigenvalue weighted by Gasteiger charge is 2.27. The second kappa shape index (κ2) is 5.60. The third kappa shape index (κ3) is 3.15. The molecule has 4 nitrogen and oxygen atoms in total. The van der Waals surface area contributed by atoms with Crippen LogP contribution in [0.25, 0.3) is 6.08 Å². The lowest BCUT2D eigenvalue weighted by Gasteiger charge is -2.05. The molecule has 1 aliphatic heterocycles. The van der Waals surface area contributed by atoms with Crippen LogP contribution in [0.3, 0.4) is 0 Å². The summed E-state index contributed by atoms with van der Waals surface area (Å²) in [5.74, 6) is -2.63. The Labute approximate surface area is 108 Å². The monoisotopic (exact) mass is 267 g/mol. The fourth-order valence-electron chi connectivity index (χ4n) is 1.68. The molecule has 0 saturated carbocycles. The molecule has 2 rings (SSSR count). The summed E-state index contributed by atoms with van der Waals surface area (Å²) in [4.78, 5) is 22.6. The van der Waals surface area contributed by atoms with Gasteiger partial charge in [0.25, 0.3) is 0 Å². The van der Waals surface area contributed by atoms with Gasteiger partial charge in [0.05, 0.1) is 6.61 Å². The molecule has 0 bridgehead atoms. The second-order valence-electron chi connectivity index (χ2n) is 3.99. The van der Waals surface area contributed by atoms with Crippen molar-refractivity contribution in [1.29, 1.82) is 0 Å². The number of hydrogen-bond acceptors (Lipinski definition) is 3. The molecule has 0 aromatic heterocycles. The summed E-state index contributed by atoms with van der Waals surface area (Å²) in [7, 11) is 0. The number of rotatable bonds is 3. The first-order chi connectivity index (χ1) is 9.08. The Morgan fingerprint density at radius 2 is 2.05 bits per heavy atom. The molecule has 1 N–H and O–H groups in total. The van der Waals surface area contributed by atoms with Crippen LogP contribution in [0.4, 0.5) is 8.78 Å². The Bertz CT molecular complexity index is 522. The molecule has 1 aromatic carbocycles. The van der Waals surface area contributed by atoms with E-state index in [0.717, 1.165) is 24.3 Å². The molecule has 19 heavy (non-hydrogen) atoms. The third-order valence-electron chi connectivity index (χ3n) is 2.65. The van der Waals surface area contributed by atoms with Gasteiger partial charge >= 0.3 is 5.97 Å². The molecule has 1 atom stereocenters. The Kier molecular flexibility index (Phi) is 3.89. The van der Waals surface area contributed by atoms with Crippen LogP contribution in [0.1, 0.15) is 12.0 Å². The Hall–Kier alpha value is -2.24. The Balaban J connectivity index is 2.02. The number of benzene rings is 1. The molecule has 0 spiro atoms. The van der Waals surface area contributed by atoms with Crippen molar-refractivity contribution in [3.05, 3.63) is 41.5 Å². The van der Waals surface area contributed by atoms with Gasteiger partial charge in [-0.15, -0.1) is 0 Å². The first kappa shape index (κ1) is 13.2. The van der Waals surface area contributed by atoms with E-state index in [0.29, 0.717) is 6.42 Å². The summed E-state index contributed by atoms with van der Waals surface area (Å²) < 4.78 is 31.2. The molecule has 1 aromatic rings. The van der Waals surface area contributed by atoms with Crippen molar-refractivity contribution in [3.63, 3.8) is 0 Å². The van der Waals surface area contributed by atoms with Crippen molar-refractivity contribution >= 4 is 18.0 Å². The molecule has 0 aliphatic carbocycles. The van der Waals surface area contributed by atoms with Gasteiger partial charge in [-0.1, -0.05) is 6.07 Å². The van der Waals surface area contributed by atoms with Gasteiger partial charge < -0.3 is 10.1 Å². The van der Waals surface area contributed by atoms with Crippen molar-refractivity contribution in [2.45, 2.75) is 12.5 Å². The third-order valence-corrected chi connectivity index (χ3v) is 2.65. The van der Waals surface area contributed by atoms with Crippen LogP contribution in [-0.4, -0.2) is 24.5 Å². The molecule has 6 heteroatoms. The molecular weight excluding hydrogens is 256 g/mol. The minimum atomic E-state index is -0.760. The zero-order chi connectivity index (χ0) is 13.8. The van der Waals surface area contributed by atoms with E-state index in [4.69, 9.17) is 0 Å². The number of carbonyl (C=O) groups excluding carboxylic acids is 2. The van der Waals surface area contributed by atoms with Crippen LogP contribution in [0, 0.1) is 11.6 Å². The average molecular weight is 267 g/mol. The lowest BCUT2D eigenvalue weighted by molar-refractivity contribution is -0.140. The first-order valence-electron chi connectivity index (χ1n) is 5.67. The van der Waals surface area contributed by atoms with Crippen LogP contribution in [0.15, 0.2) is 24.3 Å². The number of amides is 1. The number of esters is 1. The molecule has 0 unspecified atom stereocenters. The van der Waals surface area contributed by atoms with Gasteiger partial charge in [0.15, 0.2) is 0 Å². The smallest absolute Gasteiger partial charge is 0.328 e. The van der Waals surface area contributed by atoms with Crippen molar-refractivity contribution in [3.8, 4) is 0 Å². The molecule has 1 heterocycles.